The second-order valence-electron chi connectivity index (χ2n) is 7.71. The summed E-state index contributed by atoms with van der Waals surface area (Å²) in [5.74, 6) is 0.768. The van der Waals surface area contributed by atoms with Crippen LogP contribution in [0.2, 0.25) is 0 Å². The Bertz CT molecular complexity index is 1290. The van der Waals surface area contributed by atoms with Crippen LogP contribution in [-0.2, 0) is 21.2 Å². The van der Waals surface area contributed by atoms with Crippen LogP contribution in [0.25, 0.3) is 0 Å². The molecule has 1 amide bonds. The first-order valence-corrected chi connectivity index (χ1v) is 12.9. The Balaban J connectivity index is 1.66. The van der Waals surface area contributed by atoms with Crippen molar-refractivity contribution < 1.29 is 22.7 Å². The van der Waals surface area contributed by atoms with Crippen molar-refractivity contribution in [2.24, 2.45) is 0 Å². The van der Waals surface area contributed by atoms with E-state index < -0.39 is 10.0 Å². The quantitative estimate of drug-likeness (QED) is 0.372. The van der Waals surface area contributed by atoms with Crippen LogP contribution in [0.3, 0.4) is 0 Å². The van der Waals surface area contributed by atoms with Gasteiger partial charge in [0.2, 0.25) is 0 Å². The predicted octanol–water partition coefficient (Wildman–Crippen LogP) is 5.46. The molecule has 0 unspecified atom stereocenters. The fourth-order valence-electron chi connectivity index (χ4n) is 3.41. The lowest BCUT2D eigenvalue weighted by Gasteiger charge is -2.15. The normalized spacial score (nSPS) is 11.1. The molecular weight excluding hydrogens is 520 g/mol. The summed E-state index contributed by atoms with van der Waals surface area (Å²) in [5, 5.41) is 2.92. The zero-order valence-electron chi connectivity index (χ0n) is 19.4. The molecule has 0 spiro atoms. The molecule has 0 atom stereocenters. The Hall–Kier alpha value is -3.04. The van der Waals surface area contributed by atoms with Crippen molar-refractivity contribution in [1.29, 1.82) is 0 Å². The summed E-state index contributed by atoms with van der Waals surface area (Å²) in [7, 11) is -2.25. The summed E-state index contributed by atoms with van der Waals surface area (Å²) in [6.07, 6.45) is 0.774. The van der Waals surface area contributed by atoms with E-state index in [0.29, 0.717) is 22.7 Å². The lowest BCUT2D eigenvalue weighted by atomic mass is 10.1. The second-order valence-corrected chi connectivity index (χ2v) is 10.3. The van der Waals surface area contributed by atoms with E-state index in [9.17, 15) is 13.2 Å². The standard InChI is InChI=1S/C25H27BrN2O5S/c1-5-18-14-19(26)12-17(3)25(18)27-24(29)15-33-23-11-10-22(13-16(23)2)34(30,31)28-20-6-8-21(32-4)9-7-20/h6-14,28H,5,15H2,1-4H3,(H,27,29). The van der Waals surface area contributed by atoms with E-state index in [1.807, 2.05) is 26.0 Å². The van der Waals surface area contributed by atoms with Crippen molar-refractivity contribution in [1.82, 2.24) is 0 Å². The fraction of sp³-hybridized carbons (Fsp3) is 0.240. The van der Waals surface area contributed by atoms with Gasteiger partial charge in [-0.2, -0.15) is 0 Å². The number of carbonyl (C=O) groups excluding carboxylic acids is 1. The molecule has 0 aliphatic heterocycles. The van der Waals surface area contributed by atoms with Crippen LogP contribution < -0.4 is 19.5 Å². The molecule has 0 heterocycles. The second kappa shape index (κ2) is 10.9. The van der Waals surface area contributed by atoms with E-state index >= 15 is 0 Å². The van der Waals surface area contributed by atoms with Crippen molar-refractivity contribution >= 4 is 43.2 Å². The van der Waals surface area contributed by atoms with Crippen LogP contribution in [0.15, 0.2) is 64.0 Å². The number of sulfonamides is 1. The molecule has 9 heteroatoms. The third-order valence-corrected chi connectivity index (χ3v) is 7.02. The van der Waals surface area contributed by atoms with Crippen molar-refractivity contribution in [2.45, 2.75) is 32.1 Å². The van der Waals surface area contributed by atoms with Gasteiger partial charge in [0.15, 0.2) is 6.61 Å². The van der Waals surface area contributed by atoms with E-state index in [1.165, 1.54) is 12.1 Å². The molecule has 3 aromatic carbocycles. The molecule has 2 N–H and O–H groups in total. The molecule has 0 saturated heterocycles. The third kappa shape index (κ3) is 6.30. The van der Waals surface area contributed by atoms with Crippen LogP contribution in [0, 0.1) is 13.8 Å². The van der Waals surface area contributed by atoms with E-state index in [-0.39, 0.29) is 17.4 Å². The Kier molecular flexibility index (Phi) is 8.22. The first-order chi connectivity index (χ1) is 16.1. The van der Waals surface area contributed by atoms with Crippen molar-refractivity contribution in [3.63, 3.8) is 0 Å². The van der Waals surface area contributed by atoms with Crippen molar-refractivity contribution in [2.75, 3.05) is 23.8 Å². The number of rotatable bonds is 9. The smallest absolute Gasteiger partial charge is 0.262 e. The van der Waals surface area contributed by atoms with Crippen LogP contribution in [-0.4, -0.2) is 28.0 Å². The van der Waals surface area contributed by atoms with Gasteiger partial charge in [0.25, 0.3) is 15.9 Å². The van der Waals surface area contributed by atoms with E-state index in [0.717, 1.165) is 27.7 Å². The number of amides is 1. The van der Waals surface area contributed by atoms with Crippen LogP contribution in [0.5, 0.6) is 11.5 Å². The molecule has 0 aromatic heterocycles. The maximum atomic E-state index is 12.8. The lowest BCUT2D eigenvalue weighted by molar-refractivity contribution is -0.118. The number of methoxy groups -OCH3 is 1. The van der Waals surface area contributed by atoms with Gasteiger partial charge in [-0.25, -0.2) is 8.42 Å². The SMILES string of the molecule is CCc1cc(Br)cc(C)c1NC(=O)COc1ccc(S(=O)(=O)Nc2ccc(OC)cc2)cc1C. The number of hydrogen-bond donors (Lipinski definition) is 2. The van der Waals surface area contributed by atoms with Gasteiger partial charge >= 0.3 is 0 Å². The average Bonchev–Trinajstić information content (AvgIpc) is 2.80. The van der Waals surface area contributed by atoms with Gasteiger partial charge in [0, 0.05) is 15.8 Å². The number of nitrogens with one attached hydrogen (secondary N) is 2. The summed E-state index contributed by atoms with van der Waals surface area (Å²) in [4.78, 5) is 12.6. The number of anilines is 2. The molecule has 0 aliphatic rings. The lowest BCUT2D eigenvalue weighted by Crippen LogP contribution is -2.22. The molecule has 0 fully saturated rings. The van der Waals surface area contributed by atoms with Crippen LogP contribution >= 0.6 is 15.9 Å². The van der Waals surface area contributed by atoms with Crippen LogP contribution in [0.1, 0.15) is 23.6 Å². The molecule has 3 aromatic rings. The number of carbonyl (C=O) groups is 1. The summed E-state index contributed by atoms with van der Waals surface area (Å²) in [6, 6.07) is 15.0. The highest BCUT2D eigenvalue weighted by Gasteiger charge is 2.17. The minimum Gasteiger partial charge on any atom is -0.497 e. The Morgan fingerprint density at radius 1 is 1.00 bits per heavy atom. The molecule has 3 rings (SSSR count). The maximum Gasteiger partial charge on any atom is 0.262 e. The highest BCUT2D eigenvalue weighted by Crippen LogP contribution is 2.27. The molecule has 0 aliphatic carbocycles. The molecule has 0 radical (unpaired) electrons. The van der Waals surface area contributed by atoms with Gasteiger partial charge in [-0.05, 0) is 91.6 Å². The number of halogens is 1. The van der Waals surface area contributed by atoms with Crippen molar-refractivity contribution in [3.05, 3.63) is 75.8 Å². The fourth-order valence-corrected chi connectivity index (χ4v) is 5.18. The van der Waals surface area contributed by atoms with Gasteiger partial charge in [0.05, 0.1) is 12.0 Å². The third-order valence-electron chi connectivity index (χ3n) is 5.18. The van der Waals surface area contributed by atoms with E-state index in [2.05, 4.69) is 26.0 Å². The molecular formula is C25H27BrN2O5S. The minimum atomic E-state index is -3.79. The van der Waals surface area contributed by atoms with Crippen LogP contribution in [0.4, 0.5) is 11.4 Å². The highest BCUT2D eigenvalue weighted by atomic mass is 79.9. The predicted molar refractivity (Wildman–Crippen MR) is 137 cm³/mol. The first kappa shape index (κ1) is 25.6. The zero-order chi connectivity index (χ0) is 24.9. The molecule has 34 heavy (non-hydrogen) atoms. The first-order valence-electron chi connectivity index (χ1n) is 10.6. The molecule has 180 valence electrons. The van der Waals surface area contributed by atoms with Gasteiger partial charge in [-0.3, -0.25) is 9.52 Å². The topological polar surface area (TPSA) is 93.7 Å². The summed E-state index contributed by atoms with van der Waals surface area (Å²) >= 11 is 3.48. The monoisotopic (exact) mass is 546 g/mol. The number of benzene rings is 3. The molecule has 0 bridgehead atoms. The van der Waals surface area contributed by atoms with E-state index in [4.69, 9.17) is 9.47 Å². The van der Waals surface area contributed by atoms with Gasteiger partial charge < -0.3 is 14.8 Å². The summed E-state index contributed by atoms with van der Waals surface area (Å²) < 4.78 is 39.8. The average molecular weight is 547 g/mol. The summed E-state index contributed by atoms with van der Waals surface area (Å²) in [5.41, 5.74) is 3.77. The number of aryl methyl sites for hydroxylation is 3. The Morgan fingerprint density at radius 2 is 1.71 bits per heavy atom. The van der Waals surface area contributed by atoms with Crippen molar-refractivity contribution in [3.8, 4) is 11.5 Å². The number of ether oxygens (including phenoxy) is 2. The Labute approximate surface area is 208 Å². The maximum absolute atomic E-state index is 12.8. The summed E-state index contributed by atoms with van der Waals surface area (Å²) in [6.45, 7) is 5.49. The Morgan fingerprint density at radius 3 is 2.32 bits per heavy atom. The zero-order valence-corrected chi connectivity index (χ0v) is 21.8. The van der Waals surface area contributed by atoms with Gasteiger partial charge in [-0.1, -0.05) is 22.9 Å². The minimum absolute atomic E-state index is 0.0932. The highest BCUT2D eigenvalue weighted by molar-refractivity contribution is 9.10. The van der Waals surface area contributed by atoms with Gasteiger partial charge in [-0.15, -0.1) is 0 Å². The number of hydrogen-bond acceptors (Lipinski definition) is 5. The van der Waals surface area contributed by atoms with Gasteiger partial charge in [0.1, 0.15) is 11.5 Å². The molecule has 7 nitrogen and oxygen atoms in total. The molecule has 0 saturated carbocycles. The van der Waals surface area contributed by atoms with E-state index in [1.54, 1.807) is 44.4 Å². The largest absolute Gasteiger partial charge is 0.497 e.